The molecule has 1 rings (SSSR count). The largest absolute Gasteiger partial charge is 0.497 e. The highest BCUT2D eigenvalue weighted by Crippen LogP contribution is 2.15. The highest BCUT2D eigenvalue weighted by atomic mass is 32.1. The number of nitriles is 1. The normalized spacial score (nSPS) is 11.8. The van der Waals surface area contributed by atoms with Gasteiger partial charge in [-0.15, -0.1) is 0 Å². The van der Waals surface area contributed by atoms with Crippen LogP contribution in [0.3, 0.4) is 0 Å². The highest BCUT2D eigenvalue weighted by molar-refractivity contribution is 7.81. The van der Waals surface area contributed by atoms with Crippen molar-refractivity contribution < 1.29 is 4.74 Å². The first kappa shape index (κ1) is 9.94. The third kappa shape index (κ3) is 3.00. The molecule has 0 radical (unpaired) electrons. The summed E-state index contributed by atoms with van der Waals surface area (Å²) in [6.45, 7) is 0. The molecular weight excluding hydrogens is 182 g/mol. The minimum atomic E-state index is -0.243. The van der Waals surface area contributed by atoms with Gasteiger partial charge < -0.3 is 4.74 Å². The van der Waals surface area contributed by atoms with Gasteiger partial charge in [0.1, 0.15) is 5.75 Å². The van der Waals surface area contributed by atoms with Crippen molar-refractivity contribution in [3.05, 3.63) is 29.8 Å². The van der Waals surface area contributed by atoms with E-state index < -0.39 is 0 Å². The number of benzene rings is 1. The lowest BCUT2D eigenvalue weighted by atomic mass is 10.1. The van der Waals surface area contributed by atoms with Crippen LogP contribution in [-0.2, 0) is 6.42 Å². The summed E-state index contributed by atoms with van der Waals surface area (Å²) in [5, 5.41) is 8.32. The van der Waals surface area contributed by atoms with E-state index >= 15 is 0 Å². The lowest BCUT2D eigenvalue weighted by Gasteiger charge is -2.04. The summed E-state index contributed by atoms with van der Waals surface area (Å²) in [6.07, 6.45) is 0.650. The van der Waals surface area contributed by atoms with Gasteiger partial charge in [0.15, 0.2) is 0 Å². The molecule has 1 unspecified atom stereocenters. The predicted molar refractivity (Wildman–Crippen MR) is 55.1 cm³/mol. The van der Waals surface area contributed by atoms with E-state index in [1.807, 2.05) is 24.3 Å². The zero-order valence-corrected chi connectivity index (χ0v) is 8.29. The zero-order chi connectivity index (χ0) is 9.68. The van der Waals surface area contributed by atoms with Crippen LogP contribution in [0.4, 0.5) is 0 Å². The van der Waals surface area contributed by atoms with Gasteiger partial charge in [0.2, 0.25) is 0 Å². The molecule has 0 aromatic heterocycles. The number of methoxy groups -OCH3 is 1. The topological polar surface area (TPSA) is 33.0 Å². The van der Waals surface area contributed by atoms with Crippen molar-refractivity contribution in [2.45, 2.75) is 11.7 Å². The first-order chi connectivity index (χ1) is 6.26. The molecule has 1 atom stereocenters. The fraction of sp³-hybridized carbons (Fsp3) is 0.300. The molecule has 0 aliphatic carbocycles. The Morgan fingerprint density at radius 3 is 3.00 bits per heavy atom. The molecule has 0 heterocycles. The summed E-state index contributed by atoms with van der Waals surface area (Å²) in [5.41, 5.74) is 1.07. The fourth-order valence-electron chi connectivity index (χ4n) is 1.07. The van der Waals surface area contributed by atoms with E-state index in [1.54, 1.807) is 7.11 Å². The van der Waals surface area contributed by atoms with Crippen LogP contribution in [0.2, 0.25) is 0 Å². The molecular formula is C10H11NOS. The van der Waals surface area contributed by atoms with Crippen molar-refractivity contribution in [1.29, 1.82) is 5.26 Å². The van der Waals surface area contributed by atoms with Crippen molar-refractivity contribution in [1.82, 2.24) is 0 Å². The zero-order valence-electron chi connectivity index (χ0n) is 7.40. The van der Waals surface area contributed by atoms with E-state index in [2.05, 4.69) is 18.7 Å². The molecule has 0 saturated heterocycles. The molecule has 1 aromatic carbocycles. The Kier molecular flexibility index (Phi) is 3.66. The molecule has 1 aromatic rings. The third-order valence-corrected chi connectivity index (χ3v) is 2.01. The third-order valence-electron chi connectivity index (χ3n) is 1.71. The van der Waals surface area contributed by atoms with Crippen LogP contribution in [0.1, 0.15) is 5.56 Å². The molecule has 2 nitrogen and oxygen atoms in total. The molecule has 13 heavy (non-hydrogen) atoms. The van der Waals surface area contributed by atoms with Crippen LogP contribution < -0.4 is 4.74 Å². The van der Waals surface area contributed by atoms with Crippen LogP contribution in [0.15, 0.2) is 24.3 Å². The Morgan fingerprint density at radius 1 is 1.62 bits per heavy atom. The highest BCUT2D eigenvalue weighted by Gasteiger charge is 2.02. The Hall–Kier alpha value is -1.14. The Labute approximate surface area is 83.6 Å². The van der Waals surface area contributed by atoms with Crippen molar-refractivity contribution in [3.63, 3.8) is 0 Å². The lowest BCUT2D eigenvalue weighted by molar-refractivity contribution is 0.414. The molecule has 3 heteroatoms. The molecule has 0 amide bonds. The summed E-state index contributed by atoms with van der Waals surface area (Å²) in [4.78, 5) is 0. The van der Waals surface area contributed by atoms with Gasteiger partial charge >= 0.3 is 0 Å². The molecule has 0 fully saturated rings. The van der Waals surface area contributed by atoms with Crippen molar-refractivity contribution in [2.24, 2.45) is 0 Å². The molecule has 0 saturated carbocycles. The Balaban J connectivity index is 2.73. The van der Waals surface area contributed by atoms with Crippen molar-refractivity contribution >= 4 is 12.6 Å². The molecule has 0 bridgehead atoms. The lowest BCUT2D eigenvalue weighted by Crippen LogP contribution is -1.99. The summed E-state index contributed by atoms with van der Waals surface area (Å²) in [6, 6.07) is 9.74. The quantitative estimate of drug-likeness (QED) is 0.745. The van der Waals surface area contributed by atoms with Crippen LogP contribution in [0.5, 0.6) is 5.75 Å². The second-order valence-electron chi connectivity index (χ2n) is 2.70. The monoisotopic (exact) mass is 193 g/mol. The first-order valence-electron chi connectivity index (χ1n) is 3.97. The van der Waals surface area contributed by atoms with Gasteiger partial charge in [-0.05, 0) is 24.1 Å². The smallest absolute Gasteiger partial charge is 0.119 e. The molecule has 0 aliphatic rings. The first-order valence-corrected chi connectivity index (χ1v) is 4.48. The predicted octanol–water partition coefficient (Wildman–Crippen LogP) is 2.06. The Morgan fingerprint density at radius 2 is 2.38 bits per heavy atom. The van der Waals surface area contributed by atoms with Gasteiger partial charge in [-0.2, -0.15) is 17.9 Å². The summed E-state index contributed by atoms with van der Waals surface area (Å²) >= 11 is 4.10. The van der Waals surface area contributed by atoms with E-state index in [4.69, 9.17) is 10.00 Å². The minimum absolute atomic E-state index is 0.243. The average molecular weight is 193 g/mol. The second-order valence-corrected chi connectivity index (χ2v) is 3.32. The SMILES string of the molecule is COc1cccc(CC(S)C#N)c1. The number of ether oxygens (including phenoxy) is 1. The molecule has 0 spiro atoms. The number of nitrogens with zero attached hydrogens (tertiary/aromatic N) is 1. The average Bonchev–Trinajstić information content (AvgIpc) is 2.18. The van der Waals surface area contributed by atoms with Gasteiger partial charge in [0, 0.05) is 0 Å². The second kappa shape index (κ2) is 4.78. The van der Waals surface area contributed by atoms with Crippen LogP contribution in [0.25, 0.3) is 0 Å². The van der Waals surface area contributed by atoms with Crippen LogP contribution in [-0.4, -0.2) is 12.4 Å². The molecule has 68 valence electrons. The fourth-order valence-corrected chi connectivity index (χ4v) is 1.28. The standard InChI is InChI=1S/C10H11NOS/c1-12-9-4-2-3-8(5-9)6-10(13)7-11/h2-5,10,13H,6H2,1H3. The van der Waals surface area contributed by atoms with Gasteiger partial charge in [0.05, 0.1) is 18.4 Å². The van der Waals surface area contributed by atoms with Crippen molar-refractivity contribution in [2.75, 3.05) is 7.11 Å². The van der Waals surface area contributed by atoms with Gasteiger partial charge in [0.25, 0.3) is 0 Å². The maximum Gasteiger partial charge on any atom is 0.119 e. The van der Waals surface area contributed by atoms with Crippen LogP contribution in [0, 0.1) is 11.3 Å². The van der Waals surface area contributed by atoms with Gasteiger partial charge in [-0.25, -0.2) is 0 Å². The maximum absolute atomic E-state index is 8.56. The summed E-state index contributed by atoms with van der Waals surface area (Å²) < 4.78 is 5.06. The number of hydrogen-bond donors (Lipinski definition) is 1. The number of rotatable bonds is 3. The van der Waals surface area contributed by atoms with E-state index in [-0.39, 0.29) is 5.25 Å². The van der Waals surface area contributed by atoms with Crippen LogP contribution >= 0.6 is 12.6 Å². The van der Waals surface area contributed by atoms with Crippen molar-refractivity contribution in [3.8, 4) is 11.8 Å². The summed E-state index contributed by atoms with van der Waals surface area (Å²) in [7, 11) is 1.63. The van der Waals surface area contributed by atoms with E-state index in [9.17, 15) is 0 Å². The molecule has 0 aliphatic heterocycles. The van der Waals surface area contributed by atoms with Gasteiger partial charge in [-0.3, -0.25) is 0 Å². The minimum Gasteiger partial charge on any atom is -0.497 e. The van der Waals surface area contributed by atoms with E-state index in [1.165, 1.54) is 0 Å². The number of hydrogen-bond acceptors (Lipinski definition) is 3. The van der Waals surface area contributed by atoms with E-state index in [0.29, 0.717) is 6.42 Å². The van der Waals surface area contributed by atoms with Gasteiger partial charge in [-0.1, -0.05) is 12.1 Å². The Bertz CT molecular complexity index is 319. The van der Waals surface area contributed by atoms with E-state index in [0.717, 1.165) is 11.3 Å². The number of thiol groups is 1. The maximum atomic E-state index is 8.56. The summed E-state index contributed by atoms with van der Waals surface area (Å²) in [5.74, 6) is 0.816. The molecule has 0 N–H and O–H groups in total.